The molecule has 0 radical (unpaired) electrons. The molecule has 0 saturated carbocycles. The number of fused-ring (bicyclic) bond motifs is 1. The maximum Gasteiger partial charge on any atom is 0.573 e. The normalized spacial score (nSPS) is 11.5. The van der Waals surface area contributed by atoms with Crippen molar-refractivity contribution >= 4 is 16.9 Å². The molecule has 1 heterocycles. The van der Waals surface area contributed by atoms with Gasteiger partial charge in [0.2, 0.25) is 0 Å². The van der Waals surface area contributed by atoms with Crippen LogP contribution in [0.4, 0.5) is 13.2 Å². The number of halogens is 3. The Kier molecular flexibility index (Phi) is 4.22. The molecule has 0 fully saturated rings. The van der Waals surface area contributed by atoms with Crippen molar-refractivity contribution in [3.8, 4) is 22.8 Å². The molecule has 0 aliphatic carbocycles. The number of hydrogen-bond donors (Lipinski definition) is 1. The SMILES string of the molecule is O=C(O)COc1noc2ccc(-c3ccc(OC(F)(F)F)cc3)cc12. The van der Waals surface area contributed by atoms with E-state index in [0.717, 1.165) is 0 Å². The van der Waals surface area contributed by atoms with Gasteiger partial charge < -0.3 is 19.1 Å². The average molecular weight is 353 g/mol. The molecule has 3 aromatic rings. The van der Waals surface area contributed by atoms with Gasteiger partial charge in [-0.25, -0.2) is 4.79 Å². The van der Waals surface area contributed by atoms with Gasteiger partial charge in [-0.2, -0.15) is 0 Å². The van der Waals surface area contributed by atoms with Crippen molar-refractivity contribution in [1.29, 1.82) is 0 Å². The van der Waals surface area contributed by atoms with Crippen LogP contribution < -0.4 is 9.47 Å². The fourth-order valence-electron chi connectivity index (χ4n) is 2.18. The predicted octanol–water partition coefficient (Wildman–Crippen LogP) is 3.86. The molecule has 1 aromatic heterocycles. The second kappa shape index (κ2) is 6.34. The summed E-state index contributed by atoms with van der Waals surface area (Å²) in [5.74, 6) is -1.46. The highest BCUT2D eigenvalue weighted by atomic mass is 19.4. The first-order chi connectivity index (χ1) is 11.8. The van der Waals surface area contributed by atoms with E-state index >= 15 is 0 Å². The number of aromatic nitrogens is 1. The molecule has 3 rings (SSSR count). The average Bonchev–Trinajstić information content (AvgIpc) is 2.94. The molecule has 0 amide bonds. The maximum absolute atomic E-state index is 12.2. The maximum atomic E-state index is 12.2. The van der Waals surface area contributed by atoms with Gasteiger partial charge >= 0.3 is 12.3 Å². The first kappa shape index (κ1) is 16.6. The van der Waals surface area contributed by atoms with Gasteiger partial charge in [-0.3, -0.25) is 0 Å². The smallest absolute Gasteiger partial charge is 0.479 e. The fourth-order valence-corrected chi connectivity index (χ4v) is 2.18. The van der Waals surface area contributed by atoms with Gasteiger partial charge in [-0.15, -0.1) is 13.2 Å². The summed E-state index contributed by atoms with van der Waals surface area (Å²) in [6.45, 7) is -0.574. The van der Waals surface area contributed by atoms with Gasteiger partial charge in [0.05, 0.1) is 5.39 Å². The Balaban J connectivity index is 1.88. The van der Waals surface area contributed by atoms with Crippen LogP contribution in [0.5, 0.6) is 11.6 Å². The molecule has 25 heavy (non-hydrogen) atoms. The lowest BCUT2D eigenvalue weighted by molar-refractivity contribution is -0.274. The summed E-state index contributed by atoms with van der Waals surface area (Å²) in [6, 6.07) is 10.3. The predicted molar refractivity (Wildman–Crippen MR) is 79.3 cm³/mol. The number of alkyl halides is 3. The van der Waals surface area contributed by atoms with Crippen LogP contribution in [0.15, 0.2) is 47.0 Å². The number of ether oxygens (including phenoxy) is 2. The van der Waals surface area contributed by atoms with Crippen molar-refractivity contribution in [3.63, 3.8) is 0 Å². The third kappa shape index (κ3) is 4.00. The van der Waals surface area contributed by atoms with Crippen LogP contribution in [0.2, 0.25) is 0 Å². The standard InChI is InChI=1S/C16H10F3NO5/c17-16(18,19)24-11-4-1-9(2-5-11)10-3-6-13-12(7-10)15(20-25-13)23-8-14(21)22/h1-7H,8H2,(H,21,22). The number of hydrogen-bond acceptors (Lipinski definition) is 5. The van der Waals surface area contributed by atoms with E-state index in [0.29, 0.717) is 22.1 Å². The summed E-state index contributed by atoms with van der Waals surface area (Å²) in [5.41, 5.74) is 1.68. The summed E-state index contributed by atoms with van der Waals surface area (Å²) >= 11 is 0. The Bertz CT molecular complexity index is 902. The lowest BCUT2D eigenvalue weighted by Gasteiger charge is -2.09. The summed E-state index contributed by atoms with van der Waals surface area (Å²) < 4.78 is 50.4. The molecule has 1 N–H and O–H groups in total. The Morgan fingerprint density at radius 1 is 1.12 bits per heavy atom. The molecule has 2 aromatic carbocycles. The molecule has 0 saturated heterocycles. The van der Waals surface area contributed by atoms with Crippen LogP contribution >= 0.6 is 0 Å². The van der Waals surface area contributed by atoms with Crippen LogP contribution in [0, 0.1) is 0 Å². The van der Waals surface area contributed by atoms with Crippen molar-refractivity contribution in [1.82, 2.24) is 5.16 Å². The van der Waals surface area contributed by atoms with Crippen molar-refractivity contribution < 1.29 is 37.1 Å². The van der Waals surface area contributed by atoms with Gasteiger partial charge in [0, 0.05) is 0 Å². The highest BCUT2D eigenvalue weighted by Gasteiger charge is 2.30. The van der Waals surface area contributed by atoms with Crippen LogP contribution in [-0.2, 0) is 4.79 Å². The van der Waals surface area contributed by atoms with Gasteiger partial charge in [0.15, 0.2) is 12.2 Å². The quantitative estimate of drug-likeness (QED) is 0.750. The summed E-state index contributed by atoms with van der Waals surface area (Å²) in [5, 5.41) is 12.8. The Morgan fingerprint density at radius 3 is 2.44 bits per heavy atom. The number of carboxylic acids is 1. The molecule has 9 heteroatoms. The Morgan fingerprint density at radius 2 is 1.80 bits per heavy atom. The third-order valence-corrected chi connectivity index (χ3v) is 3.19. The summed E-state index contributed by atoms with van der Waals surface area (Å²) in [7, 11) is 0. The lowest BCUT2D eigenvalue weighted by atomic mass is 10.0. The number of carboxylic acid groups (broad SMARTS) is 1. The first-order valence-electron chi connectivity index (χ1n) is 6.92. The fraction of sp³-hybridized carbons (Fsp3) is 0.125. The minimum atomic E-state index is -4.75. The van der Waals surface area contributed by atoms with Crippen molar-refractivity contribution in [2.75, 3.05) is 6.61 Å². The number of aliphatic carboxylic acids is 1. The van der Waals surface area contributed by atoms with Crippen LogP contribution in [0.25, 0.3) is 22.1 Å². The van der Waals surface area contributed by atoms with Crippen molar-refractivity contribution in [3.05, 3.63) is 42.5 Å². The Hall–Kier alpha value is -3.23. The minimum Gasteiger partial charge on any atom is -0.479 e. The lowest BCUT2D eigenvalue weighted by Crippen LogP contribution is -2.16. The van der Waals surface area contributed by atoms with E-state index < -0.39 is 18.9 Å². The van der Waals surface area contributed by atoms with Gasteiger partial charge in [0.1, 0.15) is 5.75 Å². The van der Waals surface area contributed by atoms with Crippen molar-refractivity contribution in [2.45, 2.75) is 6.36 Å². The zero-order valence-electron chi connectivity index (χ0n) is 12.4. The molecule has 6 nitrogen and oxygen atoms in total. The van der Waals surface area contributed by atoms with E-state index in [2.05, 4.69) is 9.89 Å². The van der Waals surface area contributed by atoms with E-state index in [1.54, 1.807) is 18.2 Å². The van der Waals surface area contributed by atoms with Gasteiger partial charge in [0.25, 0.3) is 5.88 Å². The third-order valence-electron chi connectivity index (χ3n) is 3.19. The molecular weight excluding hydrogens is 343 g/mol. The van der Waals surface area contributed by atoms with Gasteiger partial charge in [-0.05, 0) is 40.5 Å². The highest BCUT2D eigenvalue weighted by Crippen LogP contribution is 2.31. The first-order valence-corrected chi connectivity index (χ1v) is 6.92. The zero-order chi connectivity index (χ0) is 18.0. The van der Waals surface area contributed by atoms with Crippen LogP contribution in [0.3, 0.4) is 0 Å². The topological polar surface area (TPSA) is 81.8 Å². The van der Waals surface area contributed by atoms with Crippen LogP contribution in [0.1, 0.15) is 0 Å². The molecular formula is C16H10F3NO5. The molecule has 130 valence electrons. The van der Waals surface area contributed by atoms with Crippen LogP contribution in [-0.4, -0.2) is 29.2 Å². The molecule has 0 spiro atoms. The van der Waals surface area contributed by atoms with E-state index in [4.69, 9.17) is 14.4 Å². The van der Waals surface area contributed by atoms with E-state index in [-0.39, 0.29) is 11.6 Å². The van der Waals surface area contributed by atoms with E-state index in [1.165, 1.54) is 24.3 Å². The monoisotopic (exact) mass is 353 g/mol. The number of benzene rings is 2. The van der Waals surface area contributed by atoms with Gasteiger partial charge in [-0.1, -0.05) is 18.2 Å². The number of nitrogens with zero attached hydrogens (tertiary/aromatic N) is 1. The molecule has 0 aliphatic rings. The zero-order valence-corrected chi connectivity index (χ0v) is 12.4. The molecule has 0 aliphatic heterocycles. The summed E-state index contributed by atoms with van der Waals surface area (Å²) in [6.07, 6.45) is -4.75. The van der Waals surface area contributed by atoms with E-state index in [9.17, 15) is 18.0 Å². The summed E-state index contributed by atoms with van der Waals surface area (Å²) in [4.78, 5) is 10.6. The van der Waals surface area contributed by atoms with Crippen molar-refractivity contribution in [2.24, 2.45) is 0 Å². The number of carbonyl (C=O) groups is 1. The second-order valence-corrected chi connectivity index (χ2v) is 4.95. The minimum absolute atomic E-state index is 0.0243. The molecule has 0 atom stereocenters. The molecule has 0 bridgehead atoms. The Labute approximate surface area is 138 Å². The number of rotatable bonds is 5. The second-order valence-electron chi connectivity index (χ2n) is 4.95. The van der Waals surface area contributed by atoms with E-state index in [1.807, 2.05) is 0 Å². The largest absolute Gasteiger partial charge is 0.573 e. The highest BCUT2D eigenvalue weighted by molar-refractivity contribution is 5.87. The molecule has 0 unspecified atom stereocenters.